The molecule has 1 heterocycles. The Bertz CT molecular complexity index is 590. The highest BCUT2D eigenvalue weighted by molar-refractivity contribution is 7.80. The predicted octanol–water partition coefficient (Wildman–Crippen LogP) is 2.84. The van der Waals surface area contributed by atoms with Gasteiger partial charge in [0.25, 0.3) is 0 Å². The van der Waals surface area contributed by atoms with Crippen LogP contribution < -0.4 is 20.1 Å². The van der Waals surface area contributed by atoms with Crippen LogP contribution in [0.4, 0.5) is 5.69 Å². The Morgan fingerprint density at radius 2 is 1.95 bits per heavy atom. The molecule has 1 aromatic heterocycles. The van der Waals surface area contributed by atoms with Crippen LogP contribution in [-0.2, 0) is 0 Å². The van der Waals surface area contributed by atoms with Crippen LogP contribution in [0.3, 0.4) is 0 Å². The van der Waals surface area contributed by atoms with Crippen molar-refractivity contribution in [2.45, 2.75) is 13.0 Å². The van der Waals surface area contributed by atoms with Gasteiger partial charge in [-0.25, -0.2) is 0 Å². The molecule has 0 aliphatic heterocycles. The number of thiocarbonyl (C=S) groups is 1. The number of benzene rings is 1. The van der Waals surface area contributed by atoms with Crippen molar-refractivity contribution >= 4 is 23.0 Å². The quantitative estimate of drug-likeness (QED) is 0.799. The number of pyridine rings is 1. The summed E-state index contributed by atoms with van der Waals surface area (Å²) < 4.78 is 10.8. The zero-order valence-corrected chi connectivity index (χ0v) is 13.4. The number of methoxy groups -OCH3 is 1. The maximum Gasteiger partial charge on any atom is 0.171 e. The van der Waals surface area contributed by atoms with Crippen LogP contribution in [0.1, 0.15) is 6.92 Å². The third kappa shape index (κ3) is 5.21. The third-order valence-electron chi connectivity index (χ3n) is 2.86. The Morgan fingerprint density at radius 1 is 1.23 bits per heavy atom. The minimum absolute atomic E-state index is 0.0683. The Morgan fingerprint density at radius 3 is 2.59 bits per heavy atom. The minimum Gasteiger partial charge on any atom is -0.497 e. The average Bonchev–Trinajstić information content (AvgIpc) is 2.54. The molecule has 5 nitrogen and oxygen atoms in total. The largest absolute Gasteiger partial charge is 0.497 e. The molecule has 0 aliphatic rings. The summed E-state index contributed by atoms with van der Waals surface area (Å²) in [5.74, 6) is 1.60. The lowest BCUT2D eigenvalue weighted by atomic mass is 10.3. The van der Waals surface area contributed by atoms with Crippen molar-refractivity contribution < 1.29 is 9.47 Å². The van der Waals surface area contributed by atoms with Gasteiger partial charge in [-0.05, 0) is 55.5 Å². The standard InChI is InChI=1S/C16H19N3O2S/c1-12(11-21-15-7-5-14(20-2)6-8-15)18-16(22)19-13-4-3-9-17-10-13/h3-10,12H,11H2,1-2H3,(H2,18,19,22)/t12-/m1/s1. The van der Waals surface area contributed by atoms with E-state index >= 15 is 0 Å². The van der Waals surface area contributed by atoms with Gasteiger partial charge in [0.1, 0.15) is 18.1 Å². The molecule has 0 saturated carbocycles. The molecular weight excluding hydrogens is 298 g/mol. The van der Waals surface area contributed by atoms with Crippen LogP contribution in [0.2, 0.25) is 0 Å². The number of nitrogens with zero attached hydrogens (tertiary/aromatic N) is 1. The summed E-state index contributed by atoms with van der Waals surface area (Å²) in [5.41, 5.74) is 0.850. The second kappa shape index (κ2) is 8.19. The molecule has 0 amide bonds. The summed E-state index contributed by atoms with van der Waals surface area (Å²) in [6.45, 7) is 2.50. The normalized spacial score (nSPS) is 11.4. The van der Waals surface area contributed by atoms with Crippen LogP contribution in [0.25, 0.3) is 0 Å². The van der Waals surface area contributed by atoms with Gasteiger partial charge in [0, 0.05) is 6.20 Å². The van der Waals surface area contributed by atoms with Gasteiger partial charge in [-0.1, -0.05) is 0 Å². The van der Waals surface area contributed by atoms with E-state index in [0.29, 0.717) is 11.7 Å². The van der Waals surface area contributed by atoms with Gasteiger partial charge in [-0.2, -0.15) is 0 Å². The average molecular weight is 317 g/mol. The monoisotopic (exact) mass is 317 g/mol. The van der Waals surface area contributed by atoms with Crippen LogP contribution in [0, 0.1) is 0 Å². The smallest absolute Gasteiger partial charge is 0.171 e. The number of aromatic nitrogens is 1. The molecular formula is C16H19N3O2S. The Hall–Kier alpha value is -2.34. The van der Waals surface area contributed by atoms with Gasteiger partial charge in [0.15, 0.2) is 5.11 Å². The first-order valence-corrected chi connectivity index (χ1v) is 7.32. The van der Waals surface area contributed by atoms with Crippen molar-refractivity contribution in [3.05, 3.63) is 48.8 Å². The van der Waals surface area contributed by atoms with Gasteiger partial charge in [0.05, 0.1) is 25.0 Å². The lowest BCUT2D eigenvalue weighted by Crippen LogP contribution is -2.39. The summed E-state index contributed by atoms with van der Waals surface area (Å²) in [4.78, 5) is 4.02. The van der Waals surface area contributed by atoms with Gasteiger partial charge in [0.2, 0.25) is 0 Å². The molecule has 2 aromatic rings. The van der Waals surface area contributed by atoms with Crippen molar-refractivity contribution in [3.63, 3.8) is 0 Å². The molecule has 0 saturated heterocycles. The number of rotatable bonds is 6. The molecule has 1 atom stereocenters. The predicted molar refractivity (Wildman–Crippen MR) is 91.5 cm³/mol. The van der Waals surface area contributed by atoms with E-state index in [1.54, 1.807) is 19.5 Å². The van der Waals surface area contributed by atoms with E-state index in [9.17, 15) is 0 Å². The first kappa shape index (κ1) is 16.0. The number of hydrogen-bond donors (Lipinski definition) is 2. The first-order chi connectivity index (χ1) is 10.7. The topological polar surface area (TPSA) is 55.4 Å². The summed E-state index contributed by atoms with van der Waals surface area (Å²) >= 11 is 5.25. The molecule has 22 heavy (non-hydrogen) atoms. The Kier molecular flexibility index (Phi) is 5.97. The van der Waals surface area contributed by atoms with Gasteiger partial charge in [-0.15, -0.1) is 0 Å². The fraction of sp³-hybridized carbons (Fsp3) is 0.250. The second-order valence-electron chi connectivity index (χ2n) is 4.73. The summed E-state index contributed by atoms with van der Waals surface area (Å²) in [7, 11) is 1.64. The second-order valence-corrected chi connectivity index (χ2v) is 5.14. The van der Waals surface area contributed by atoms with Crippen molar-refractivity contribution in [2.24, 2.45) is 0 Å². The molecule has 0 bridgehead atoms. The van der Waals surface area contributed by atoms with Gasteiger partial charge in [-0.3, -0.25) is 4.98 Å². The van der Waals surface area contributed by atoms with Crippen molar-refractivity contribution in [3.8, 4) is 11.5 Å². The molecule has 2 rings (SSSR count). The fourth-order valence-electron chi connectivity index (χ4n) is 1.76. The number of hydrogen-bond acceptors (Lipinski definition) is 4. The van der Waals surface area contributed by atoms with E-state index in [4.69, 9.17) is 21.7 Å². The molecule has 1 aromatic carbocycles. The van der Waals surface area contributed by atoms with E-state index in [1.165, 1.54) is 0 Å². The minimum atomic E-state index is 0.0683. The van der Waals surface area contributed by atoms with Crippen LogP contribution >= 0.6 is 12.2 Å². The summed E-state index contributed by atoms with van der Waals surface area (Å²) in [6.07, 6.45) is 3.43. The number of nitrogens with one attached hydrogen (secondary N) is 2. The van der Waals surface area contributed by atoms with Crippen LogP contribution in [0.15, 0.2) is 48.8 Å². The van der Waals surface area contributed by atoms with Crippen LogP contribution in [-0.4, -0.2) is 29.9 Å². The highest BCUT2D eigenvalue weighted by atomic mass is 32.1. The van der Waals surface area contributed by atoms with Crippen LogP contribution in [0.5, 0.6) is 11.5 Å². The van der Waals surface area contributed by atoms with Crippen molar-refractivity contribution in [1.29, 1.82) is 0 Å². The third-order valence-corrected chi connectivity index (χ3v) is 3.08. The van der Waals surface area contributed by atoms with E-state index < -0.39 is 0 Å². The zero-order valence-electron chi connectivity index (χ0n) is 12.6. The number of ether oxygens (including phenoxy) is 2. The van der Waals surface area contributed by atoms with Gasteiger partial charge >= 0.3 is 0 Å². The highest BCUT2D eigenvalue weighted by Crippen LogP contribution is 2.17. The summed E-state index contributed by atoms with van der Waals surface area (Å²) in [6, 6.07) is 11.3. The zero-order chi connectivity index (χ0) is 15.8. The highest BCUT2D eigenvalue weighted by Gasteiger charge is 2.06. The Labute approximate surface area is 135 Å². The van der Waals surface area contributed by atoms with E-state index in [0.717, 1.165) is 17.2 Å². The maximum atomic E-state index is 5.70. The number of anilines is 1. The fourth-order valence-corrected chi connectivity index (χ4v) is 2.08. The molecule has 6 heteroatoms. The van der Waals surface area contributed by atoms with E-state index in [2.05, 4.69) is 15.6 Å². The molecule has 0 spiro atoms. The van der Waals surface area contributed by atoms with Crippen molar-refractivity contribution in [2.75, 3.05) is 19.0 Å². The maximum absolute atomic E-state index is 5.70. The molecule has 0 fully saturated rings. The lowest BCUT2D eigenvalue weighted by Gasteiger charge is -2.17. The van der Waals surface area contributed by atoms with E-state index in [1.807, 2.05) is 43.3 Å². The molecule has 0 aliphatic carbocycles. The van der Waals surface area contributed by atoms with E-state index in [-0.39, 0.29) is 6.04 Å². The molecule has 2 N–H and O–H groups in total. The SMILES string of the molecule is COc1ccc(OC[C@@H](C)NC(=S)Nc2cccnc2)cc1. The molecule has 116 valence electrons. The van der Waals surface area contributed by atoms with Crippen molar-refractivity contribution in [1.82, 2.24) is 10.3 Å². The Balaban J connectivity index is 1.74. The molecule has 0 radical (unpaired) electrons. The summed E-state index contributed by atoms with van der Waals surface area (Å²) in [5, 5.41) is 6.78. The lowest BCUT2D eigenvalue weighted by molar-refractivity contribution is 0.286. The first-order valence-electron chi connectivity index (χ1n) is 6.92. The van der Waals surface area contributed by atoms with Gasteiger partial charge < -0.3 is 20.1 Å². The molecule has 0 unspecified atom stereocenters.